The molecule has 4 heteroatoms. The van der Waals surface area contributed by atoms with E-state index in [-0.39, 0.29) is 0 Å². The Kier molecular flexibility index (Phi) is 4.63. The summed E-state index contributed by atoms with van der Waals surface area (Å²) in [6.07, 6.45) is 2.46. The third-order valence-electron chi connectivity index (χ3n) is 4.14. The molecule has 1 fully saturated rings. The van der Waals surface area contributed by atoms with E-state index >= 15 is 0 Å². The number of carboxylic acid groups (broad SMARTS) is 1. The number of aliphatic carboxylic acids is 1. The number of carbonyl (C=O) groups is 1. The van der Waals surface area contributed by atoms with E-state index in [1.165, 1.54) is 5.56 Å². The summed E-state index contributed by atoms with van der Waals surface area (Å²) in [6.45, 7) is 4.43. The first kappa shape index (κ1) is 14.5. The van der Waals surface area contributed by atoms with Crippen molar-refractivity contribution in [3.63, 3.8) is 0 Å². The maximum Gasteiger partial charge on any atom is 0.310 e. The van der Waals surface area contributed by atoms with Crippen LogP contribution >= 0.6 is 15.9 Å². The van der Waals surface area contributed by atoms with Crippen LogP contribution in [0.25, 0.3) is 0 Å². The van der Waals surface area contributed by atoms with Crippen LogP contribution in [0.3, 0.4) is 0 Å². The zero-order valence-electron chi connectivity index (χ0n) is 11.2. The van der Waals surface area contributed by atoms with Gasteiger partial charge in [-0.3, -0.25) is 9.69 Å². The second-order valence-corrected chi connectivity index (χ2v) is 6.20. The first-order valence-corrected chi connectivity index (χ1v) is 7.56. The number of hydrogen-bond donors (Lipinski definition) is 1. The lowest BCUT2D eigenvalue weighted by atomic mass is 9.77. The van der Waals surface area contributed by atoms with Crippen LogP contribution in [0.2, 0.25) is 0 Å². The number of nitrogens with zero attached hydrogens (tertiary/aromatic N) is 1. The van der Waals surface area contributed by atoms with Gasteiger partial charge in [-0.1, -0.05) is 41.1 Å². The number of benzene rings is 1. The molecule has 0 bridgehead atoms. The van der Waals surface area contributed by atoms with Gasteiger partial charge in [0.15, 0.2) is 0 Å². The van der Waals surface area contributed by atoms with Crippen molar-refractivity contribution in [3.05, 3.63) is 34.3 Å². The van der Waals surface area contributed by atoms with Crippen molar-refractivity contribution in [2.75, 3.05) is 13.1 Å². The Morgan fingerprint density at radius 2 is 2.21 bits per heavy atom. The molecular weight excluding hydrogens is 306 g/mol. The summed E-state index contributed by atoms with van der Waals surface area (Å²) in [5, 5.41) is 9.49. The number of halogens is 1. The minimum Gasteiger partial charge on any atom is -0.481 e. The minimum atomic E-state index is -0.646. The summed E-state index contributed by atoms with van der Waals surface area (Å²) in [4.78, 5) is 13.8. The quantitative estimate of drug-likeness (QED) is 0.920. The van der Waals surface area contributed by atoms with Gasteiger partial charge in [-0.25, -0.2) is 0 Å². The number of carboxylic acids is 1. The highest BCUT2D eigenvalue weighted by atomic mass is 79.9. The third kappa shape index (κ3) is 3.18. The first-order valence-electron chi connectivity index (χ1n) is 6.76. The molecule has 104 valence electrons. The maximum absolute atomic E-state index is 11.5. The van der Waals surface area contributed by atoms with Gasteiger partial charge >= 0.3 is 5.97 Å². The average Bonchev–Trinajstić information content (AvgIpc) is 2.41. The average molecular weight is 326 g/mol. The number of likely N-dealkylation sites (tertiary alicyclic amines) is 1. The summed E-state index contributed by atoms with van der Waals surface area (Å²) in [5.74, 6) is -0.646. The normalized spacial score (nSPS) is 24.3. The number of hydrogen-bond acceptors (Lipinski definition) is 2. The molecule has 0 radical (unpaired) electrons. The van der Waals surface area contributed by atoms with Crippen LogP contribution in [0.1, 0.15) is 31.7 Å². The zero-order chi connectivity index (χ0) is 13.9. The van der Waals surface area contributed by atoms with Gasteiger partial charge in [0.2, 0.25) is 0 Å². The van der Waals surface area contributed by atoms with E-state index in [0.717, 1.165) is 30.4 Å². The fourth-order valence-electron chi connectivity index (χ4n) is 2.84. The Hall–Kier alpha value is -0.870. The molecule has 2 rings (SSSR count). The molecule has 1 saturated heterocycles. The van der Waals surface area contributed by atoms with Crippen molar-refractivity contribution in [1.82, 2.24) is 4.90 Å². The predicted molar refractivity (Wildman–Crippen MR) is 79.0 cm³/mol. The van der Waals surface area contributed by atoms with Gasteiger partial charge in [0.25, 0.3) is 0 Å². The molecule has 1 aliphatic heterocycles. The predicted octanol–water partition coefficient (Wildman–Crippen LogP) is 3.53. The Morgan fingerprint density at radius 3 is 2.84 bits per heavy atom. The highest BCUT2D eigenvalue weighted by Crippen LogP contribution is 2.34. The molecule has 0 aliphatic carbocycles. The molecule has 0 aromatic heterocycles. The largest absolute Gasteiger partial charge is 0.481 e. The van der Waals surface area contributed by atoms with Gasteiger partial charge in [-0.15, -0.1) is 0 Å². The summed E-state index contributed by atoms with van der Waals surface area (Å²) in [6, 6.07) is 8.14. The minimum absolute atomic E-state index is 0.556. The van der Waals surface area contributed by atoms with E-state index in [1.807, 2.05) is 25.1 Å². The van der Waals surface area contributed by atoms with E-state index in [2.05, 4.69) is 26.9 Å². The lowest BCUT2D eigenvalue weighted by molar-refractivity contribution is -0.153. The summed E-state index contributed by atoms with van der Waals surface area (Å²) in [7, 11) is 0. The molecule has 0 amide bonds. The fourth-order valence-corrected chi connectivity index (χ4v) is 3.25. The summed E-state index contributed by atoms with van der Waals surface area (Å²) < 4.78 is 1.10. The van der Waals surface area contributed by atoms with Gasteiger partial charge in [0, 0.05) is 17.6 Å². The van der Waals surface area contributed by atoms with Crippen molar-refractivity contribution in [2.45, 2.75) is 32.7 Å². The van der Waals surface area contributed by atoms with Crippen LogP contribution in [-0.2, 0) is 11.3 Å². The Bertz CT molecular complexity index is 463. The maximum atomic E-state index is 11.5. The zero-order valence-corrected chi connectivity index (χ0v) is 12.8. The highest BCUT2D eigenvalue weighted by Gasteiger charge is 2.40. The SMILES string of the molecule is CCC1(C(=O)O)CCCN(Cc2ccccc2Br)C1. The standard InChI is InChI=1S/C15H20BrNO2/c1-2-15(14(18)19)8-5-9-17(11-15)10-12-6-3-4-7-13(12)16/h3-4,6-7H,2,5,8-11H2,1H3,(H,18,19). The Morgan fingerprint density at radius 1 is 1.47 bits per heavy atom. The van der Waals surface area contributed by atoms with Crippen molar-refractivity contribution in [1.29, 1.82) is 0 Å². The van der Waals surface area contributed by atoms with Gasteiger partial charge in [0.1, 0.15) is 0 Å². The van der Waals surface area contributed by atoms with Crippen molar-refractivity contribution < 1.29 is 9.90 Å². The third-order valence-corrected chi connectivity index (χ3v) is 4.91. The molecule has 1 heterocycles. The number of piperidine rings is 1. The fraction of sp³-hybridized carbons (Fsp3) is 0.533. The van der Waals surface area contributed by atoms with Crippen molar-refractivity contribution in [3.8, 4) is 0 Å². The van der Waals surface area contributed by atoms with E-state index in [1.54, 1.807) is 0 Å². The molecule has 1 atom stereocenters. The van der Waals surface area contributed by atoms with E-state index in [0.29, 0.717) is 13.0 Å². The van der Waals surface area contributed by atoms with Crippen LogP contribution in [-0.4, -0.2) is 29.1 Å². The molecule has 0 spiro atoms. The van der Waals surface area contributed by atoms with E-state index in [9.17, 15) is 9.90 Å². The Labute approximate surface area is 122 Å². The smallest absolute Gasteiger partial charge is 0.310 e. The molecular formula is C15H20BrNO2. The van der Waals surface area contributed by atoms with Crippen LogP contribution in [0, 0.1) is 5.41 Å². The molecule has 1 aliphatic rings. The van der Waals surface area contributed by atoms with Crippen molar-refractivity contribution in [2.24, 2.45) is 5.41 Å². The van der Waals surface area contributed by atoms with Gasteiger partial charge < -0.3 is 5.11 Å². The van der Waals surface area contributed by atoms with Crippen LogP contribution in [0.5, 0.6) is 0 Å². The van der Waals surface area contributed by atoms with Crippen LogP contribution < -0.4 is 0 Å². The first-order chi connectivity index (χ1) is 9.07. The van der Waals surface area contributed by atoms with Crippen LogP contribution in [0.4, 0.5) is 0 Å². The van der Waals surface area contributed by atoms with Crippen LogP contribution in [0.15, 0.2) is 28.7 Å². The summed E-state index contributed by atoms with van der Waals surface area (Å²) >= 11 is 3.55. The molecule has 1 aromatic carbocycles. The molecule has 1 N–H and O–H groups in total. The second kappa shape index (κ2) is 6.06. The molecule has 1 unspecified atom stereocenters. The topological polar surface area (TPSA) is 40.5 Å². The number of rotatable bonds is 4. The van der Waals surface area contributed by atoms with E-state index < -0.39 is 11.4 Å². The van der Waals surface area contributed by atoms with Gasteiger partial charge in [-0.2, -0.15) is 0 Å². The van der Waals surface area contributed by atoms with Gasteiger partial charge in [0.05, 0.1) is 5.41 Å². The lowest BCUT2D eigenvalue weighted by Gasteiger charge is -2.39. The second-order valence-electron chi connectivity index (χ2n) is 5.34. The van der Waals surface area contributed by atoms with Crippen molar-refractivity contribution >= 4 is 21.9 Å². The molecule has 3 nitrogen and oxygen atoms in total. The molecule has 0 saturated carbocycles. The lowest BCUT2D eigenvalue weighted by Crippen LogP contribution is -2.47. The summed E-state index contributed by atoms with van der Waals surface area (Å²) in [5.41, 5.74) is 0.666. The monoisotopic (exact) mass is 325 g/mol. The van der Waals surface area contributed by atoms with E-state index in [4.69, 9.17) is 0 Å². The molecule has 19 heavy (non-hydrogen) atoms. The van der Waals surface area contributed by atoms with Gasteiger partial charge in [-0.05, 0) is 37.4 Å². The Balaban J connectivity index is 2.10. The highest BCUT2D eigenvalue weighted by molar-refractivity contribution is 9.10. The molecule has 1 aromatic rings.